The Morgan fingerprint density at radius 3 is 2.76 bits per heavy atom. The first-order valence-corrected chi connectivity index (χ1v) is 5.86. The monoisotopic (exact) mass is 236 g/mol. The minimum Gasteiger partial charge on any atom is -0.494 e. The number of H-pyrrole nitrogens is 2. The molecule has 1 atom stereocenters. The van der Waals surface area contributed by atoms with Crippen LogP contribution >= 0.6 is 0 Å². The van der Waals surface area contributed by atoms with Crippen molar-refractivity contribution in [2.24, 2.45) is 5.92 Å². The number of aromatic hydroxyl groups is 1. The zero-order valence-corrected chi connectivity index (χ0v) is 9.53. The second-order valence-corrected chi connectivity index (χ2v) is 4.42. The lowest BCUT2D eigenvalue weighted by molar-refractivity contribution is 0.419. The van der Waals surface area contributed by atoms with Crippen LogP contribution in [0.4, 0.5) is 0 Å². The van der Waals surface area contributed by atoms with Crippen molar-refractivity contribution < 1.29 is 5.11 Å². The van der Waals surface area contributed by atoms with Crippen LogP contribution in [0.5, 0.6) is 5.88 Å². The average molecular weight is 236 g/mol. The van der Waals surface area contributed by atoms with E-state index in [4.69, 9.17) is 0 Å². The molecule has 1 heterocycles. The molecule has 17 heavy (non-hydrogen) atoms. The third-order valence-electron chi connectivity index (χ3n) is 3.20. The van der Waals surface area contributed by atoms with Crippen molar-refractivity contribution in [3.05, 3.63) is 38.6 Å². The first-order valence-electron chi connectivity index (χ1n) is 5.86. The van der Waals surface area contributed by atoms with E-state index in [-0.39, 0.29) is 11.4 Å². The second kappa shape index (κ2) is 5.03. The van der Waals surface area contributed by atoms with Crippen molar-refractivity contribution in [3.8, 4) is 5.88 Å². The molecule has 0 saturated heterocycles. The molecule has 1 aromatic rings. The smallest absolute Gasteiger partial charge is 0.328 e. The first-order chi connectivity index (χ1) is 8.16. The summed E-state index contributed by atoms with van der Waals surface area (Å²) in [5.41, 5.74) is -0.881. The highest BCUT2D eigenvalue weighted by Gasteiger charge is 2.13. The van der Waals surface area contributed by atoms with Gasteiger partial charge in [0, 0.05) is 0 Å². The highest BCUT2D eigenvalue weighted by atomic mass is 16.3. The largest absolute Gasteiger partial charge is 0.494 e. The Labute approximate surface area is 98.2 Å². The predicted molar refractivity (Wildman–Crippen MR) is 64.2 cm³/mol. The van der Waals surface area contributed by atoms with Gasteiger partial charge in [-0.2, -0.15) is 0 Å². The number of aromatic nitrogens is 2. The molecule has 3 N–H and O–H groups in total. The molecule has 0 saturated carbocycles. The van der Waals surface area contributed by atoms with Crippen molar-refractivity contribution in [1.29, 1.82) is 0 Å². The third kappa shape index (κ3) is 2.87. The molecule has 0 aliphatic heterocycles. The normalized spacial score (nSPS) is 19.4. The van der Waals surface area contributed by atoms with Gasteiger partial charge in [-0.05, 0) is 38.0 Å². The maximum atomic E-state index is 11.5. The Morgan fingerprint density at radius 1 is 1.29 bits per heavy atom. The molecule has 5 heteroatoms. The Kier molecular flexibility index (Phi) is 3.46. The Bertz CT molecular complexity index is 527. The minimum atomic E-state index is -0.670. The summed E-state index contributed by atoms with van der Waals surface area (Å²) in [4.78, 5) is 26.7. The van der Waals surface area contributed by atoms with Crippen LogP contribution in [-0.2, 0) is 6.42 Å². The van der Waals surface area contributed by atoms with E-state index in [1.54, 1.807) is 0 Å². The van der Waals surface area contributed by atoms with Crippen LogP contribution in [0.1, 0.15) is 31.2 Å². The highest BCUT2D eigenvalue weighted by Crippen LogP contribution is 2.23. The van der Waals surface area contributed by atoms with E-state index >= 15 is 0 Å². The molecule has 0 bridgehead atoms. The molecule has 0 aromatic carbocycles. The van der Waals surface area contributed by atoms with E-state index in [0.717, 1.165) is 25.7 Å². The summed E-state index contributed by atoms with van der Waals surface area (Å²) >= 11 is 0. The summed E-state index contributed by atoms with van der Waals surface area (Å²) in [6, 6.07) is 0. The van der Waals surface area contributed by atoms with E-state index < -0.39 is 11.2 Å². The molecule has 1 aliphatic rings. The van der Waals surface area contributed by atoms with Crippen LogP contribution in [0.2, 0.25) is 0 Å². The summed E-state index contributed by atoms with van der Waals surface area (Å²) in [6.07, 6.45) is 8.91. The molecule has 1 aromatic heterocycles. The maximum absolute atomic E-state index is 11.5. The fraction of sp³-hybridized carbons (Fsp3) is 0.500. The average Bonchev–Trinajstić information content (AvgIpc) is 2.29. The lowest BCUT2D eigenvalue weighted by Gasteiger charge is -2.17. The standard InChI is InChI=1S/C12H16N2O3/c15-10-9(11(16)14-12(17)13-10)7-6-8-4-2-1-3-5-8/h1-2,8H,3-7H2,(H3,13,14,15,16,17). The van der Waals surface area contributed by atoms with Crippen LogP contribution in [0.3, 0.4) is 0 Å². The van der Waals surface area contributed by atoms with Gasteiger partial charge in [-0.25, -0.2) is 4.79 Å². The Morgan fingerprint density at radius 2 is 2.12 bits per heavy atom. The van der Waals surface area contributed by atoms with Crippen LogP contribution in [0.25, 0.3) is 0 Å². The van der Waals surface area contributed by atoms with Gasteiger partial charge in [0.1, 0.15) is 0 Å². The molecule has 5 nitrogen and oxygen atoms in total. The predicted octanol–water partition coefficient (Wildman–Crippen LogP) is 1.06. The maximum Gasteiger partial charge on any atom is 0.328 e. The van der Waals surface area contributed by atoms with E-state index in [9.17, 15) is 14.7 Å². The van der Waals surface area contributed by atoms with E-state index in [1.165, 1.54) is 0 Å². The van der Waals surface area contributed by atoms with Crippen molar-refractivity contribution in [2.75, 3.05) is 0 Å². The molecule has 1 aliphatic carbocycles. The number of nitrogens with one attached hydrogen (secondary N) is 2. The molecule has 1 unspecified atom stereocenters. The Hall–Kier alpha value is -1.78. The molecule has 92 valence electrons. The van der Waals surface area contributed by atoms with Gasteiger partial charge in [0.25, 0.3) is 5.56 Å². The van der Waals surface area contributed by atoms with Crippen LogP contribution < -0.4 is 11.2 Å². The van der Waals surface area contributed by atoms with E-state index in [1.807, 2.05) is 0 Å². The summed E-state index contributed by atoms with van der Waals surface area (Å²) in [5, 5.41) is 9.51. The van der Waals surface area contributed by atoms with E-state index in [2.05, 4.69) is 22.1 Å². The summed E-state index contributed by atoms with van der Waals surface area (Å²) < 4.78 is 0. The highest BCUT2D eigenvalue weighted by molar-refractivity contribution is 5.20. The number of aromatic amines is 2. The molecular formula is C12H16N2O3. The molecular weight excluding hydrogens is 220 g/mol. The van der Waals surface area contributed by atoms with Crippen molar-refractivity contribution >= 4 is 0 Å². The molecule has 2 rings (SSSR count). The SMILES string of the molecule is O=c1[nH]c(O)c(CCC2CC=CCC2)c(=O)[nH]1. The number of rotatable bonds is 3. The summed E-state index contributed by atoms with van der Waals surface area (Å²) in [5.74, 6) is 0.260. The van der Waals surface area contributed by atoms with Gasteiger partial charge in [0.15, 0.2) is 0 Å². The quantitative estimate of drug-likeness (QED) is 0.686. The molecule has 0 fully saturated rings. The lowest BCUT2D eigenvalue weighted by Crippen LogP contribution is -2.25. The van der Waals surface area contributed by atoms with Crippen molar-refractivity contribution in [2.45, 2.75) is 32.1 Å². The van der Waals surface area contributed by atoms with Crippen LogP contribution in [0.15, 0.2) is 21.7 Å². The second-order valence-electron chi connectivity index (χ2n) is 4.42. The van der Waals surface area contributed by atoms with Gasteiger partial charge in [-0.15, -0.1) is 0 Å². The summed E-state index contributed by atoms with van der Waals surface area (Å²) in [7, 11) is 0. The zero-order valence-electron chi connectivity index (χ0n) is 9.53. The van der Waals surface area contributed by atoms with Crippen molar-refractivity contribution in [3.63, 3.8) is 0 Å². The van der Waals surface area contributed by atoms with Gasteiger partial charge in [-0.3, -0.25) is 14.8 Å². The van der Waals surface area contributed by atoms with Gasteiger partial charge in [-0.1, -0.05) is 12.2 Å². The molecule has 0 spiro atoms. The fourth-order valence-corrected chi connectivity index (χ4v) is 2.20. The third-order valence-corrected chi connectivity index (χ3v) is 3.20. The van der Waals surface area contributed by atoms with Gasteiger partial charge < -0.3 is 5.11 Å². The van der Waals surface area contributed by atoms with Crippen LogP contribution in [0, 0.1) is 5.92 Å². The topological polar surface area (TPSA) is 85.9 Å². The number of allylic oxidation sites excluding steroid dienone is 2. The van der Waals surface area contributed by atoms with Gasteiger partial charge in [0.05, 0.1) is 5.56 Å². The van der Waals surface area contributed by atoms with Crippen molar-refractivity contribution in [1.82, 2.24) is 9.97 Å². The lowest BCUT2D eigenvalue weighted by atomic mass is 9.89. The first kappa shape index (κ1) is 11.7. The number of hydrogen-bond donors (Lipinski definition) is 3. The molecule has 0 amide bonds. The Balaban J connectivity index is 2.06. The van der Waals surface area contributed by atoms with Crippen LogP contribution in [-0.4, -0.2) is 15.1 Å². The molecule has 0 radical (unpaired) electrons. The van der Waals surface area contributed by atoms with E-state index in [0.29, 0.717) is 12.3 Å². The zero-order chi connectivity index (χ0) is 12.3. The summed E-state index contributed by atoms with van der Waals surface area (Å²) in [6.45, 7) is 0. The van der Waals surface area contributed by atoms with Gasteiger partial charge >= 0.3 is 5.69 Å². The minimum absolute atomic E-state index is 0.277. The fourth-order valence-electron chi connectivity index (χ4n) is 2.20. The van der Waals surface area contributed by atoms with Gasteiger partial charge in [0.2, 0.25) is 5.88 Å². The number of hydrogen-bond acceptors (Lipinski definition) is 3.